The minimum atomic E-state index is 0.742. The molecule has 0 saturated heterocycles. The maximum atomic E-state index is 5.97. The van der Waals surface area contributed by atoms with Gasteiger partial charge in [0.1, 0.15) is 0 Å². The van der Waals surface area contributed by atoms with Crippen LogP contribution < -0.4 is 5.32 Å². The molecule has 3 heteroatoms. The first-order chi connectivity index (χ1) is 7.15. The fourth-order valence-corrected chi connectivity index (χ4v) is 1.93. The third-order valence-electron chi connectivity index (χ3n) is 2.45. The molecule has 0 aliphatic carbocycles. The molecule has 0 saturated carbocycles. The molecule has 0 atom stereocenters. The predicted octanol–water partition coefficient (Wildman–Crippen LogP) is 2.69. The second-order valence-electron chi connectivity index (χ2n) is 3.69. The van der Waals surface area contributed by atoms with E-state index in [2.05, 4.69) is 19.2 Å². The maximum Gasteiger partial charge on any atom is 0.0587 e. The van der Waals surface area contributed by atoms with Crippen molar-refractivity contribution < 1.29 is 4.74 Å². The minimum absolute atomic E-state index is 0.742. The molecule has 0 fully saturated rings. The molecule has 0 bridgehead atoms. The van der Waals surface area contributed by atoms with Gasteiger partial charge in [-0.25, -0.2) is 0 Å². The van der Waals surface area contributed by atoms with Gasteiger partial charge in [-0.3, -0.25) is 0 Å². The van der Waals surface area contributed by atoms with Gasteiger partial charge in [0.05, 0.1) is 6.61 Å². The molecule has 0 unspecified atom stereocenters. The second kappa shape index (κ2) is 6.11. The average Bonchev–Trinajstić information content (AvgIpc) is 2.15. The van der Waals surface area contributed by atoms with Crippen molar-refractivity contribution in [3.8, 4) is 0 Å². The van der Waals surface area contributed by atoms with Crippen LogP contribution in [-0.2, 0) is 11.3 Å². The van der Waals surface area contributed by atoms with Crippen LogP contribution >= 0.6 is 11.6 Å². The summed E-state index contributed by atoms with van der Waals surface area (Å²) >= 11 is 5.97. The number of hydrogen-bond acceptors (Lipinski definition) is 2. The SMILES string of the molecule is COCCNCc1c(C)cc(Cl)cc1C. The Kier molecular flexibility index (Phi) is 5.09. The third-order valence-corrected chi connectivity index (χ3v) is 2.66. The first kappa shape index (κ1) is 12.5. The number of methoxy groups -OCH3 is 1. The predicted molar refractivity (Wildman–Crippen MR) is 64.5 cm³/mol. The Morgan fingerprint density at radius 3 is 2.40 bits per heavy atom. The highest BCUT2D eigenvalue weighted by Gasteiger charge is 2.03. The van der Waals surface area contributed by atoms with E-state index in [0.29, 0.717) is 0 Å². The van der Waals surface area contributed by atoms with Crippen LogP contribution in [0.1, 0.15) is 16.7 Å². The first-order valence-corrected chi connectivity index (χ1v) is 5.48. The van der Waals surface area contributed by atoms with E-state index >= 15 is 0 Å². The topological polar surface area (TPSA) is 21.3 Å². The van der Waals surface area contributed by atoms with Crippen LogP contribution in [-0.4, -0.2) is 20.3 Å². The normalized spacial score (nSPS) is 10.7. The number of rotatable bonds is 5. The molecule has 0 heterocycles. The lowest BCUT2D eigenvalue weighted by Crippen LogP contribution is -2.19. The quantitative estimate of drug-likeness (QED) is 0.781. The zero-order valence-electron chi connectivity index (χ0n) is 9.56. The molecule has 1 aromatic rings. The van der Waals surface area contributed by atoms with Crippen LogP contribution in [0.15, 0.2) is 12.1 Å². The van der Waals surface area contributed by atoms with Gasteiger partial charge in [0.2, 0.25) is 0 Å². The lowest BCUT2D eigenvalue weighted by atomic mass is 10.0. The number of hydrogen-bond donors (Lipinski definition) is 1. The molecular weight excluding hydrogens is 210 g/mol. The fraction of sp³-hybridized carbons (Fsp3) is 0.500. The third kappa shape index (κ3) is 3.82. The molecule has 0 aliphatic rings. The van der Waals surface area contributed by atoms with Crippen molar-refractivity contribution in [1.29, 1.82) is 0 Å². The Balaban J connectivity index is 2.60. The summed E-state index contributed by atoms with van der Waals surface area (Å²) in [4.78, 5) is 0. The number of benzene rings is 1. The monoisotopic (exact) mass is 227 g/mol. The molecule has 0 aromatic heterocycles. The van der Waals surface area contributed by atoms with Gasteiger partial charge in [0.25, 0.3) is 0 Å². The van der Waals surface area contributed by atoms with Crippen molar-refractivity contribution in [2.75, 3.05) is 20.3 Å². The molecular formula is C12H18ClNO. The zero-order valence-corrected chi connectivity index (χ0v) is 10.3. The van der Waals surface area contributed by atoms with Gasteiger partial charge in [-0.2, -0.15) is 0 Å². The van der Waals surface area contributed by atoms with E-state index in [9.17, 15) is 0 Å². The highest BCUT2D eigenvalue weighted by molar-refractivity contribution is 6.30. The molecule has 2 nitrogen and oxygen atoms in total. The summed E-state index contributed by atoms with van der Waals surface area (Å²) in [5.74, 6) is 0. The van der Waals surface area contributed by atoms with Gasteiger partial charge in [-0.05, 0) is 42.7 Å². The van der Waals surface area contributed by atoms with Gasteiger partial charge in [0, 0.05) is 25.2 Å². The molecule has 1 N–H and O–H groups in total. The second-order valence-corrected chi connectivity index (χ2v) is 4.12. The largest absolute Gasteiger partial charge is 0.383 e. The number of nitrogens with one attached hydrogen (secondary N) is 1. The summed E-state index contributed by atoms with van der Waals surface area (Å²) in [6.07, 6.45) is 0. The lowest BCUT2D eigenvalue weighted by molar-refractivity contribution is 0.199. The number of aryl methyl sites for hydroxylation is 2. The number of halogens is 1. The van der Waals surface area contributed by atoms with Crippen molar-refractivity contribution in [3.63, 3.8) is 0 Å². The molecule has 1 aromatic carbocycles. The maximum absolute atomic E-state index is 5.97. The summed E-state index contributed by atoms with van der Waals surface area (Å²) < 4.78 is 4.98. The molecule has 15 heavy (non-hydrogen) atoms. The van der Waals surface area contributed by atoms with E-state index in [4.69, 9.17) is 16.3 Å². The molecule has 0 amide bonds. The smallest absolute Gasteiger partial charge is 0.0587 e. The summed E-state index contributed by atoms with van der Waals surface area (Å²) in [6.45, 7) is 6.67. The average molecular weight is 228 g/mol. The summed E-state index contributed by atoms with van der Waals surface area (Å²) in [5, 5.41) is 4.15. The van der Waals surface area contributed by atoms with Crippen LogP contribution in [0.3, 0.4) is 0 Å². The Hall–Kier alpha value is -0.570. The van der Waals surface area contributed by atoms with Crippen LogP contribution in [0, 0.1) is 13.8 Å². The van der Waals surface area contributed by atoms with Crippen molar-refractivity contribution in [2.24, 2.45) is 0 Å². The first-order valence-electron chi connectivity index (χ1n) is 5.10. The van der Waals surface area contributed by atoms with E-state index in [1.54, 1.807) is 7.11 Å². The molecule has 1 rings (SSSR count). The summed E-state index contributed by atoms with van der Waals surface area (Å²) in [5.41, 5.74) is 3.81. The van der Waals surface area contributed by atoms with E-state index in [-0.39, 0.29) is 0 Å². The van der Waals surface area contributed by atoms with E-state index in [1.165, 1.54) is 16.7 Å². The van der Waals surface area contributed by atoms with Crippen molar-refractivity contribution in [1.82, 2.24) is 5.32 Å². The van der Waals surface area contributed by atoms with Crippen molar-refractivity contribution in [3.05, 3.63) is 33.8 Å². The van der Waals surface area contributed by atoms with Gasteiger partial charge in [-0.15, -0.1) is 0 Å². The summed E-state index contributed by atoms with van der Waals surface area (Å²) in [6, 6.07) is 4.00. The lowest BCUT2D eigenvalue weighted by Gasteiger charge is -2.11. The highest BCUT2D eigenvalue weighted by Crippen LogP contribution is 2.19. The van der Waals surface area contributed by atoms with Crippen LogP contribution in [0.5, 0.6) is 0 Å². The van der Waals surface area contributed by atoms with E-state index < -0.39 is 0 Å². The summed E-state index contributed by atoms with van der Waals surface area (Å²) in [7, 11) is 1.71. The molecule has 0 radical (unpaired) electrons. The molecule has 84 valence electrons. The Bertz CT molecular complexity index is 302. The van der Waals surface area contributed by atoms with Crippen molar-refractivity contribution >= 4 is 11.6 Å². The van der Waals surface area contributed by atoms with Crippen LogP contribution in [0.2, 0.25) is 5.02 Å². The molecule has 0 spiro atoms. The van der Waals surface area contributed by atoms with E-state index in [0.717, 1.165) is 24.7 Å². The van der Waals surface area contributed by atoms with Gasteiger partial charge in [0.15, 0.2) is 0 Å². The van der Waals surface area contributed by atoms with Crippen molar-refractivity contribution in [2.45, 2.75) is 20.4 Å². The Morgan fingerprint density at radius 2 is 1.87 bits per heavy atom. The zero-order chi connectivity index (χ0) is 11.3. The Labute approximate surface area is 96.6 Å². The van der Waals surface area contributed by atoms with Gasteiger partial charge >= 0.3 is 0 Å². The van der Waals surface area contributed by atoms with Crippen LogP contribution in [0.25, 0.3) is 0 Å². The Morgan fingerprint density at radius 1 is 1.27 bits per heavy atom. The highest BCUT2D eigenvalue weighted by atomic mass is 35.5. The van der Waals surface area contributed by atoms with Crippen LogP contribution in [0.4, 0.5) is 0 Å². The standard InChI is InChI=1S/C12H18ClNO/c1-9-6-11(13)7-10(2)12(9)8-14-4-5-15-3/h6-7,14H,4-5,8H2,1-3H3. The fourth-order valence-electron chi connectivity index (χ4n) is 1.61. The van der Waals surface area contributed by atoms with Gasteiger partial charge in [-0.1, -0.05) is 11.6 Å². The molecule has 0 aliphatic heterocycles. The number of ether oxygens (including phenoxy) is 1. The minimum Gasteiger partial charge on any atom is -0.383 e. The van der Waals surface area contributed by atoms with Gasteiger partial charge < -0.3 is 10.1 Å². The van der Waals surface area contributed by atoms with E-state index in [1.807, 2.05) is 12.1 Å².